The highest BCUT2D eigenvalue weighted by molar-refractivity contribution is 6.30. The summed E-state index contributed by atoms with van der Waals surface area (Å²) in [6.07, 6.45) is 2.91. The fourth-order valence-electron chi connectivity index (χ4n) is 2.30. The molecule has 0 radical (unpaired) electrons. The van der Waals surface area contributed by atoms with Gasteiger partial charge in [-0.3, -0.25) is 4.79 Å². The molecule has 92 valence electrons. The van der Waals surface area contributed by atoms with E-state index in [4.69, 9.17) is 17.3 Å². The van der Waals surface area contributed by atoms with Crippen molar-refractivity contribution in [1.82, 2.24) is 5.32 Å². The summed E-state index contributed by atoms with van der Waals surface area (Å²) >= 11 is 5.87. The molecule has 17 heavy (non-hydrogen) atoms. The smallest absolute Gasteiger partial charge is 0.230 e. The van der Waals surface area contributed by atoms with Gasteiger partial charge in [-0.25, -0.2) is 0 Å². The number of nitrogens with two attached hydrogens (primary N) is 1. The molecule has 1 fully saturated rings. The van der Waals surface area contributed by atoms with Gasteiger partial charge >= 0.3 is 0 Å². The topological polar surface area (TPSA) is 55.1 Å². The minimum Gasteiger partial charge on any atom is -0.354 e. The first-order valence-corrected chi connectivity index (χ1v) is 6.31. The van der Waals surface area contributed by atoms with Crippen molar-refractivity contribution in [2.45, 2.75) is 24.7 Å². The van der Waals surface area contributed by atoms with Gasteiger partial charge in [0.15, 0.2) is 0 Å². The number of amides is 1. The molecule has 1 aliphatic carbocycles. The largest absolute Gasteiger partial charge is 0.354 e. The molecular formula is C13H17ClN2O. The predicted molar refractivity (Wildman–Crippen MR) is 69.0 cm³/mol. The van der Waals surface area contributed by atoms with Crippen molar-refractivity contribution in [2.24, 2.45) is 5.73 Å². The molecule has 3 N–H and O–H groups in total. The molecule has 2 rings (SSSR count). The SMILES string of the molecule is NCCNC(=O)C1(c2ccc(Cl)cc2)CCC1. The molecule has 0 saturated heterocycles. The van der Waals surface area contributed by atoms with E-state index in [1.807, 2.05) is 24.3 Å². The summed E-state index contributed by atoms with van der Waals surface area (Å²) in [7, 11) is 0. The van der Waals surface area contributed by atoms with Gasteiger partial charge in [-0.2, -0.15) is 0 Å². The van der Waals surface area contributed by atoms with E-state index >= 15 is 0 Å². The van der Waals surface area contributed by atoms with Crippen LogP contribution in [0.4, 0.5) is 0 Å². The number of hydrogen-bond acceptors (Lipinski definition) is 2. The first-order chi connectivity index (χ1) is 8.19. The molecular weight excluding hydrogens is 236 g/mol. The van der Waals surface area contributed by atoms with Crippen LogP contribution in [-0.4, -0.2) is 19.0 Å². The molecule has 0 unspecified atom stereocenters. The summed E-state index contributed by atoms with van der Waals surface area (Å²) in [6, 6.07) is 7.58. The molecule has 1 aromatic rings. The molecule has 0 atom stereocenters. The average molecular weight is 253 g/mol. The summed E-state index contributed by atoms with van der Waals surface area (Å²) in [5.74, 6) is 0.0940. The Morgan fingerprint density at radius 1 is 1.35 bits per heavy atom. The quantitative estimate of drug-likeness (QED) is 0.859. The highest BCUT2D eigenvalue weighted by Crippen LogP contribution is 2.44. The first-order valence-electron chi connectivity index (χ1n) is 5.93. The normalized spacial score (nSPS) is 17.3. The third kappa shape index (κ3) is 2.31. The lowest BCUT2D eigenvalue weighted by molar-refractivity contribution is -0.129. The van der Waals surface area contributed by atoms with Crippen molar-refractivity contribution in [2.75, 3.05) is 13.1 Å². The number of benzene rings is 1. The molecule has 0 heterocycles. The third-order valence-electron chi connectivity index (χ3n) is 3.47. The zero-order valence-electron chi connectivity index (χ0n) is 9.71. The summed E-state index contributed by atoms with van der Waals surface area (Å²) in [5, 5.41) is 3.59. The van der Waals surface area contributed by atoms with Gasteiger partial charge in [0.2, 0.25) is 5.91 Å². The van der Waals surface area contributed by atoms with E-state index in [-0.39, 0.29) is 11.3 Å². The summed E-state index contributed by atoms with van der Waals surface area (Å²) in [4.78, 5) is 12.2. The van der Waals surface area contributed by atoms with E-state index < -0.39 is 0 Å². The molecule has 0 spiro atoms. The van der Waals surface area contributed by atoms with Crippen molar-refractivity contribution >= 4 is 17.5 Å². The molecule has 1 aliphatic rings. The van der Waals surface area contributed by atoms with Gasteiger partial charge in [0.05, 0.1) is 5.41 Å². The number of halogens is 1. The zero-order valence-corrected chi connectivity index (χ0v) is 10.5. The van der Waals surface area contributed by atoms with E-state index in [9.17, 15) is 4.79 Å². The Labute approximate surface area is 106 Å². The third-order valence-corrected chi connectivity index (χ3v) is 3.72. The molecule has 0 aliphatic heterocycles. The maximum absolute atomic E-state index is 12.2. The molecule has 1 saturated carbocycles. The Kier molecular flexibility index (Phi) is 3.69. The fourth-order valence-corrected chi connectivity index (χ4v) is 2.43. The summed E-state index contributed by atoms with van der Waals surface area (Å²) in [6.45, 7) is 1.01. The van der Waals surface area contributed by atoms with E-state index in [1.54, 1.807) is 0 Å². The number of hydrogen-bond donors (Lipinski definition) is 2. The molecule has 3 nitrogen and oxygen atoms in total. The number of nitrogens with one attached hydrogen (secondary N) is 1. The molecule has 0 bridgehead atoms. The minimum atomic E-state index is -0.347. The van der Waals surface area contributed by atoms with Crippen molar-refractivity contribution < 1.29 is 4.79 Å². The lowest BCUT2D eigenvalue weighted by Crippen LogP contribution is -2.50. The first kappa shape index (κ1) is 12.4. The fraction of sp³-hybridized carbons (Fsp3) is 0.462. The van der Waals surface area contributed by atoms with Crippen LogP contribution in [0.2, 0.25) is 5.02 Å². The van der Waals surface area contributed by atoms with Gasteiger partial charge in [0.1, 0.15) is 0 Å². The maximum Gasteiger partial charge on any atom is 0.230 e. The lowest BCUT2D eigenvalue weighted by Gasteiger charge is -2.40. The Balaban J connectivity index is 2.19. The van der Waals surface area contributed by atoms with E-state index in [1.165, 1.54) is 0 Å². The van der Waals surface area contributed by atoms with Crippen LogP contribution in [0.25, 0.3) is 0 Å². The Hall–Kier alpha value is -1.06. The van der Waals surface area contributed by atoms with Gasteiger partial charge in [-0.05, 0) is 30.5 Å². The molecule has 1 aromatic carbocycles. The van der Waals surface area contributed by atoms with Crippen LogP contribution in [0.5, 0.6) is 0 Å². The second kappa shape index (κ2) is 5.07. The zero-order chi connectivity index (χ0) is 12.3. The van der Waals surface area contributed by atoms with E-state index in [0.717, 1.165) is 24.8 Å². The lowest BCUT2D eigenvalue weighted by atomic mass is 9.64. The van der Waals surface area contributed by atoms with Crippen LogP contribution in [0.1, 0.15) is 24.8 Å². The van der Waals surface area contributed by atoms with Crippen molar-refractivity contribution in [1.29, 1.82) is 0 Å². The Bertz CT molecular complexity index is 398. The highest BCUT2D eigenvalue weighted by atomic mass is 35.5. The average Bonchev–Trinajstić information content (AvgIpc) is 2.27. The van der Waals surface area contributed by atoms with Gasteiger partial charge < -0.3 is 11.1 Å². The van der Waals surface area contributed by atoms with Gasteiger partial charge in [0.25, 0.3) is 0 Å². The number of carbonyl (C=O) groups excluding carboxylic acids is 1. The highest BCUT2D eigenvalue weighted by Gasteiger charge is 2.45. The van der Waals surface area contributed by atoms with Crippen LogP contribution in [0.15, 0.2) is 24.3 Å². The maximum atomic E-state index is 12.2. The Morgan fingerprint density at radius 3 is 2.47 bits per heavy atom. The molecule has 0 aromatic heterocycles. The number of rotatable bonds is 4. The van der Waals surface area contributed by atoms with Crippen LogP contribution >= 0.6 is 11.6 Å². The van der Waals surface area contributed by atoms with Crippen LogP contribution in [-0.2, 0) is 10.2 Å². The van der Waals surface area contributed by atoms with E-state index in [2.05, 4.69) is 5.32 Å². The van der Waals surface area contributed by atoms with Crippen molar-refractivity contribution in [3.8, 4) is 0 Å². The van der Waals surface area contributed by atoms with Gasteiger partial charge in [-0.15, -0.1) is 0 Å². The second-order valence-corrected chi connectivity index (χ2v) is 4.92. The standard InChI is InChI=1S/C13H17ClN2O/c14-11-4-2-10(3-5-11)13(6-1-7-13)12(17)16-9-8-15/h2-5H,1,6-9,15H2,(H,16,17). The summed E-state index contributed by atoms with van der Waals surface area (Å²) < 4.78 is 0. The van der Waals surface area contributed by atoms with Crippen LogP contribution in [0.3, 0.4) is 0 Å². The monoisotopic (exact) mass is 252 g/mol. The van der Waals surface area contributed by atoms with Crippen LogP contribution in [0, 0.1) is 0 Å². The van der Waals surface area contributed by atoms with Crippen LogP contribution < -0.4 is 11.1 Å². The Morgan fingerprint density at radius 2 is 2.00 bits per heavy atom. The predicted octanol–water partition coefficient (Wildman–Crippen LogP) is 1.84. The van der Waals surface area contributed by atoms with Crippen molar-refractivity contribution in [3.63, 3.8) is 0 Å². The summed E-state index contributed by atoms with van der Waals surface area (Å²) in [5.41, 5.74) is 6.12. The van der Waals surface area contributed by atoms with Gasteiger partial charge in [0, 0.05) is 18.1 Å². The molecule has 1 amide bonds. The minimum absolute atomic E-state index is 0.0940. The number of carbonyl (C=O) groups is 1. The second-order valence-electron chi connectivity index (χ2n) is 4.49. The van der Waals surface area contributed by atoms with Gasteiger partial charge in [-0.1, -0.05) is 30.2 Å². The molecule has 4 heteroatoms. The van der Waals surface area contributed by atoms with E-state index in [0.29, 0.717) is 18.1 Å². The van der Waals surface area contributed by atoms with Crippen molar-refractivity contribution in [3.05, 3.63) is 34.9 Å².